The molecule has 1 saturated heterocycles. The standard InChI is InChI=1S/C12H18N6/c1-17-15-12(14-16-17)11(5-4-10-2-3-10)18-8-6-13-7-9-18/h10-11,13H,2-3,6-9H2,1H3. The molecule has 0 bridgehead atoms. The maximum absolute atomic E-state index is 4.31. The van der Waals surface area contributed by atoms with Crippen molar-refractivity contribution in [1.82, 2.24) is 30.4 Å². The summed E-state index contributed by atoms with van der Waals surface area (Å²) in [6.45, 7) is 3.98. The van der Waals surface area contributed by atoms with Gasteiger partial charge < -0.3 is 5.32 Å². The number of rotatable bonds is 2. The zero-order valence-corrected chi connectivity index (χ0v) is 10.6. The second kappa shape index (κ2) is 5.04. The number of tetrazole rings is 1. The smallest absolute Gasteiger partial charge is 0.204 e. The molecule has 3 rings (SSSR count). The zero-order chi connectivity index (χ0) is 12.4. The molecule has 1 N–H and O–H groups in total. The highest BCUT2D eigenvalue weighted by Crippen LogP contribution is 2.28. The molecule has 6 heteroatoms. The van der Waals surface area contributed by atoms with Gasteiger partial charge in [-0.25, -0.2) is 0 Å². The number of aryl methyl sites for hydroxylation is 1. The average molecular weight is 246 g/mol. The van der Waals surface area contributed by atoms with E-state index in [2.05, 4.69) is 37.5 Å². The molecule has 2 fully saturated rings. The van der Waals surface area contributed by atoms with Gasteiger partial charge in [-0.15, -0.1) is 10.2 Å². The minimum atomic E-state index is 0.00130. The first-order chi connectivity index (χ1) is 8.83. The third-order valence-electron chi connectivity index (χ3n) is 3.29. The highest BCUT2D eigenvalue weighted by Gasteiger charge is 2.25. The summed E-state index contributed by atoms with van der Waals surface area (Å²) in [5, 5.41) is 15.7. The Morgan fingerprint density at radius 2 is 2.11 bits per heavy atom. The molecule has 1 aliphatic heterocycles. The van der Waals surface area contributed by atoms with E-state index < -0.39 is 0 Å². The lowest BCUT2D eigenvalue weighted by Gasteiger charge is -2.30. The first kappa shape index (κ1) is 11.6. The number of aromatic nitrogens is 4. The lowest BCUT2D eigenvalue weighted by atomic mass is 10.2. The minimum absolute atomic E-state index is 0.00130. The van der Waals surface area contributed by atoms with Crippen LogP contribution in [-0.4, -0.2) is 51.3 Å². The van der Waals surface area contributed by atoms with Gasteiger partial charge in [0.25, 0.3) is 0 Å². The molecule has 2 heterocycles. The fourth-order valence-corrected chi connectivity index (χ4v) is 2.09. The Morgan fingerprint density at radius 3 is 2.72 bits per heavy atom. The summed E-state index contributed by atoms with van der Waals surface area (Å²) in [4.78, 5) is 3.84. The van der Waals surface area contributed by atoms with Crippen LogP contribution in [0, 0.1) is 17.8 Å². The fourth-order valence-electron chi connectivity index (χ4n) is 2.09. The Balaban J connectivity index is 1.80. The molecule has 1 unspecified atom stereocenters. The van der Waals surface area contributed by atoms with E-state index in [1.165, 1.54) is 17.6 Å². The van der Waals surface area contributed by atoms with Crippen molar-refractivity contribution in [3.8, 4) is 11.8 Å². The Hall–Kier alpha value is -1.45. The van der Waals surface area contributed by atoms with Crippen molar-refractivity contribution < 1.29 is 0 Å². The zero-order valence-electron chi connectivity index (χ0n) is 10.6. The second-order valence-corrected chi connectivity index (χ2v) is 4.89. The van der Waals surface area contributed by atoms with E-state index in [9.17, 15) is 0 Å². The molecule has 1 saturated carbocycles. The molecule has 0 amide bonds. The number of nitrogens with zero attached hydrogens (tertiary/aromatic N) is 5. The lowest BCUT2D eigenvalue weighted by Crippen LogP contribution is -2.45. The number of hydrogen-bond donors (Lipinski definition) is 1. The summed E-state index contributed by atoms with van der Waals surface area (Å²) < 4.78 is 0. The Morgan fingerprint density at radius 1 is 1.33 bits per heavy atom. The molecule has 0 aromatic carbocycles. The number of nitrogens with one attached hydrogen (secondary N) is 1. The van der Waals surface area contributed by atoms with Crippen molar-refractivity contribution in [2.75, 3.05) is 26.2 Å². The highest BCUT2D eigenvalue weighted by molar-refractivity contribution is 5.19. The van der Waals surface area contributed by atoms with Crippen LogP contribution in [0.4, 0.5) is 0 Å². The Labute approximate surface area is 107 Å². The van der Waals surface area contributed by atoms with E-state index in [0.717, 1.165) is 32.0 Å². The molecule has 1 aromatic rings. The molecule has 6 nitrogen and oxygen atoms in total. The van der Waals surface area contributed by atoms with Crippen molar-refractivity contribution in [3.05, 3.63) is 5.82 Å². The summed E-state index contributed by atoms with van der Waals surface area (Å²) in [5.74, 6) is 8.02. The molecule has 96 valence electrons. The van der Waals surface area contributed by atoms with Crippen LogP contribution in [0.5, 0.6) is 0 Å². The number of piperazine rings is 1. The molecule has 0 radical (unpaired) electrons. The molecular formula is C12H18N6. The normalized spacial score (nSPS) is 22.3. The van der Waals surface area contributed by atoms with Crippen LogP contribution in [0.2, 0.25) is 0 Å². The summed E-state index contributed by atoms with van der Waals surface area (Å²) in [5.41, 5.74) is 0. The summed E-state index contributed by atoms with van der Waals surface area (Å²) in [6, 6.07) is 0.00130. The largest absolute Gasteiger partial charge is 0.314 e. The predicted octanol–water partition coefficient (Wildman–Crippen LogP) is -0.430. The van der Waals surface area contributed by atoms with Crippen molar-refractivity contribution in [3.63, 3.8) is 0 Å². The average Bonchev–Trinajstić information content (AvgIpc) is 3.13. The topological polar surface area (TPSA) is 58.9 Å². The molecule has 0 spiro atoms. The fraction of sp³-hybridized carbons (Fsp3) is 0.750. The molecule has 1 atom stereocenters. The Kier molecular flexibility index (Phi) is 3.26. The van der Waals surface area contributed by atoms with Gasteiger partial charge in [0.15, 0.2) is 0 Å². The van der Waals surface area contributed by atoms with Gasteiger partial charge in [-0.3, -0.25) is 4.90 Å². The second-order valence-electron chi connectivity index (χ2n) is 4.89. The van der Waals surface area contributed by atoms with Crippen molar-refractivity contribution >= 4 is 0 Å². The Bertz CT molecular complexity index is 460. The summed E-state index contributed by atoms with van der Waals surface area (Å²) in [7, 11) is 1.79. The van der Waals surface area contributed by atoms with E-state index >= 15 is 0 Å². The SMILES string of the molecule is Cn1nnc(C(C#CC2CC2)N2CCNCC2)n1. The van der Waals surface area contributed by atoms with E-state index in [-0.39, 0.29) is 6.04 Å². The molecule has 18 heavy (non-hydrogen) atoms. The van der Waals surface area contributed by atoms with Gasteiger partial charge in [-0.1, -0.05) is 11.8 Å². The van der Waals surface area contributed by atoms with Crippen molar-refractivity contribution in [1.29, 1.82) is 0 Å². The van der Waals surface area contributed by atoms with Crippen LogP contribution < -0.4 is 5.32 Å². The van der Waals surface area contributed by atoms with Crippen LogP contribution in [0.25, 0.3) is 0 Å². The summed E-state index contributed by atoms with van der Waals surface area (Å²) in [6.07, 6.45) is 2.49. The van der Waals surface area contributed by atoms with E-state index in [1.807, 2.05) is 0 Å². The minimum Gasteiger partial charge on any atom is -0.314 e. The molecular weight excluding hydrogens is 228 g/mol. The molecule has 1 aromatic heterocycles. The van der Waals surface area contributed by atoms with Crippen LogP contribution in [0.15, 0.2) is 0 Å². The van der Waals surface area contributed by atoms with Gasteiger partial charge in [0.2, 0.25) is 5.82 Å². The van der Waals surface area contributed by atoms with Crippen molar-refractivity contribution in [2.24, 2.45) is 13.0 Å². The highest BCUT2D eigenvalue weighted by atomic mass is 15.6. The van der Waals surface area contributed by atoms with Gasteiger partial charge in [-0.2, -0.15) is 4.80 Å². The van der Waals surface area contributed by atoms with Crippen LogP contribution in [0.1, 0.15) is 24.7 Å². The molecule has 1 aliphatic carbocycles. The maximum atomic E-state index is 4.31. The van der Waals surface area contributed by atoms with Gasteiger partial charge >= 0.3 is 0 Å². The van der Waals surface area contributed by atoms with Crippen LogP contribution in [0.3, 0.4) is 0 Å². The van der Waals surface area contributed by atoms with Gasteiger partial charge in [0.1, 0.15) is 6.04 Å². The first-order valence-electron chi connectivity index (χ1n) is 6.52. The van der Waals surface area contributed by atoms with Gasteiger partial charge in [0, 0.05) is 32.1 Å². The first-order valence-corrected chi connectivity index (χ1v) is 6.52. The van der Waals surface area contributed by atoms with Gasteiger partial charge in [-0.05, 0) is 18.1 Å². The van der Waals surface area contributed by atoms with Gasteiger partial charge in [0.05, 0.1) is 7.05 Å². The lowest BCUT2D eigenvalue weighted by molar-refractivity contribution is 0.202. The number of hydrogen-bond acceptors (Lipinski definition) is 5. The molecule has 2 aliphatic rings. The quantitative estimate of drug-likeness (QED) is 0.718. The van der Waals surface area contributed by atoms with E-state index in [4.69, 9.17) is 0 Å². The van der Waals surface area contributed by atoms with E-state index in [0.29, 0.717) is 5.92 Å². The third kappa shape index (κ3) is 2.68. The van der Waals surface area contributed by atoms with Crippen LogP contribution >= 0.6 is 0 Å². The summed E-state index contributed by atoms with van der Waals surface area (Å²) >= 11 is 0. The predicted molar refractivity (Wildman–Crippen MR) is 66.5 cm³/mol. The van der Waals surface area contributed by atoms with Crippen LogP contribution in [-0.2, 0) is 7.05 Å². The maximum Gasteiger partial charge on any atom is 0.204 e. The van der Waals surface area contributed by atoms with E-state index in [1.54, 1.807) is 7.05 Å². The monoisotopic (exact) mass is 246 g/mol. The third-order valence-corrected chi connectivity index (χ3v) is 3.29. The van der Waals surface area contributed by atoms with Crippen molar-refractivity contribution in [2.45, 2.75) is 18.9 Å².